The van der Waals surface area contributed by atoms with Gasteiger partial charge < -0.3 is 10.2 Å². The average molecular weight is 250 g/mol. The van der Waals surface area contributed by atoms with Gasteiger partial charge in [0.05, 0.1) is 0 Å². The third-order valence-corrected chi connectivity index (χ3v) is 3.19. The van der Waals surface area contributed by atoms with Crippen LogP contribution in [0.3, 0.4) is 0 Å². The quantitative estimate of drug-likeness (QED) is 0.340. The summed E-state index contributed by atoms with van der Waals surface area (Å²) in [6.45, 7) is 7.47. The second-order valence-electron chi connectivity index (χ2n) is 5.13. The first kappa shape index (κ1) is 15.0. The molecule has 0 aromatic rings. The van der Waals surface area contributed by atoms with Crippen molar-refractivity contribution < 1.29 is 4.84 Å². The molecule has 0 aliphatic heterocycles. The van der Waals surface area contributed by atoms with Crippen molar-refractivity contribution in [3.8, 4) is 11.8 Å². The lowest BCUT2D eigenvalue weighted by Gasteiger charge is -2.22. The normalized spacial score (nSPS) is 17.4. The van der Waals surface area contributed by atoms with Crippen LogP contribution in [0, 0.1) is 17.8 Å². The Morgan fingerprint density at radius 1 is 1.33 bits per heavy atom. The molecular weight excluding hydrogens is 224 g/mol. The van der Waals surface area contributed by atoms with Crippen LogP contribution in [0.25, 0.3) is 0 Å². The van der Waals surface area contributed by atoms with Crippen LogP contribution in [0.1, 0.15) is 52.9 Å². The maximum absolute atomic E-state index is 5.32. The highest BCUT2D eigenvalue weighted by molar-refractivity contribution is 6.01. The van der Waals surface area contributed by atoms with Gasteiger partial charge in [-0.3, -0.25) is 0 Å². The molecule has 0 heterocycles. The largest absolute Gasteiger partial charge is 0.394 e. The first-order chi connectivity index (χ1) is 8.74. The van der Waals surface area contributed by atoms with E-state index in [4.69, 9.17) is 4.84 Å². The van der Waals surface area contributed by atoms with Gasteiger partial charge in [-0.25, -0.2) is 0 Å². The monoisotopic (exact) mass is 250 g/mol. The minimum Gasteiger partial charge on any atom is -0.394 e. The SMILES string of the molecule is CC#C/C(=N\OCCNC1CCCCC1)C(C)C. The van der Waals surface area contributed by atoms with E-state index in [1.807, 2.05) is 6.92 Å². The van der Waals surface area contributed by atoms with Gasteiger partial charge >= 0.3 is 0 Å². The van der Waals surface area contributed by atoms with E-state index >= 15 is 0 Å². The molecule has 0 aromatic carbocycles. The fourth-order valence-electron chi connectivity index (χ4n) is 2.13. The van der Waals surface area contributed by atoms with E-state index in [9.17, 15) is 0 Å². The molecule has 1 aliphatic rings. The molecule has 1 N–H and O–H groups in total. The van der Waals surface area contributed by atoms with Crippen molar-refractivity contribution in [1.82, 2.24) is 5.32 Å². The zero-order valence-corrected chi connectivity index (χ0v) is 12.0. The predicted molar refractivity (Wildman–Crippen MR) is 76.6 cm³/mol. The molecule has 0 amide bonds. The number of oxime groups is 1. The zero-order valence-electron chi connectivity index (χ0n) is 12.0. The van der Waals surface area contributed by atoms with Gasteiger partial charge in [-0.15, -0.1) is 0 Å². The van der Waals surface area contributed by atoms with Gasteiger partial charge in [0.2, 0.25) is 0 Å². The van der Waals surface area contributed by atoms with Crippen molar-refractivity contribution in [1.29, 1.82) is 0 Å². The molecule has 0 spiro atoms. The lowest BCUT2D eigenvalue weighted by atomic mass is 9.96. The number of nitrogens with one attached hydrogen (secondary N) is 1. The minimum absolute atomic E-state index is 0.323. The zero-order chi connectivity index (χ0) is 13.2. The van der Waals surface area contributed by atoms with Crippen LogP contribution in [-0.4, -0.2) is 24.9 Å². The van der Waals surface area contributed by atoms with Crippen LogP contribution in [0.4, 0.5) is 0 Å². The Bertz CT molecular complexity index is 306. The summed E-state index contributed by atoms with van der Waals surface area (Å²) in [7, 11) is 0. The summed E-state index contributed by atoms with van der Waals surface area (Å²) in [5.41, 5.74) is 0.829. The maximum Gasteiger partial charge on any atom is 0.132 e. The topological polar surface area (TPSA) is 33.6 Å². The molecule has 3 nitrogen and oxygen atoms in total. The molecule has 1 aliphatic carbocycles. The van der Waals surface area contributed by atoms with Gasteiger partial charge in [0.1, 0.15) is 12.3 Å². The summed E-state index contributed by atoms with van der Waals surface area (Å²) in [6, 6.07) is 0.686. The van der Waals surface area contributed by atoms with Crippen LogP contribution < -0.4 is 5.32 Å². The van der Waals surface area contributed by atoms with Gasteiger partial charge in [-0.2, -0.15) is 0 Å². The van der Waals surface area contributed by atoms with Gasteiger partial charge in [0.15, 0.2) is 0 Å². The second kappa shape index (κ2) is 8.99. The van der Waals surface area contributed by atoms with Crippen molar-refractivity contribution in [3.05, 3.63) is 0 Å². The van der Waals surface area contributed by atoms with Gasteiger partial charge in [0.25, 0.3) is 0 Å². The van der Waals surface area contributed by atoms with Crippen LogP contribution in [0.5, 0.6) is 0 Å². The minimum atomic E-state index is 0.323. The van der Waals surface area contributed by atoms with Crippen molar-refractivity contribution in [3.63, 3.8) is 0 Å². The lowest BCUT2D eigenvalue weighted by Crippen LogP contribution is -2.33. The number of nitrogens with zero attached hydrogens (tertiary/aromatic N) is 1. The summed E-state index contributed by atoms with van der Waals surface area (Å²) in [5.74, 6) is 6.17. The number of rotatable bonds is 6. The Morgan fingerprint density at radius 2 is 2.06 bits per heavy atom. The molecule has 0 bridgehead atoms. The maximum atomic E-state index is 5.32. The van der Waals surface area contributed by atoms with Crippen LogP contribution in [0.15, 0.2) is 5.16 Å². The Kier molecular flexibility index (Phi) is 7.52. The van der Waals surface area contributed by atoms with E-state index < -0.39 is 0 Å². The molecule has 18 heavy (non-hydrogen) atoms. The highest BCUT2D eigenvalue weighted by Gasteiger charge is 2.11. The summed E-state index contributed by atoms with van der Waals surface area (Å²) in [5, 5.41) is 7.62. The van der Waals surface area contributed by atoms with Crippen molar-refractivity contribution >= 4 is 5.71 Å². The van der Waals surface area contributed by atoms with Crippen LogP contribution in [0.2, 0.25) is 0 Å². The van der Waals surface area contributed by atoms with Gasteiger partial charge in [-0.05, 0) is 25.7 Å². The highest BCUT2D eigenvalue weighted by atomic mass is 16.6. The third kappa shape index (κ3) is 6.07. The molecule has 0 aromatic heterocycles. The Balaban J connectivity index is 2.15. The van der Waals surface area contributed by atoms with Crippen molar-refractivity contribution in [2.24, 2.45) is 11.1 Å². The van der Waals surface area contributed by atoms with Crippen LogP contribution in [-0.2, 0) is 4.84 Å². The predicted octanol–water partition coefficient (Wildman–Crippen LogP) is 2.96. The first-order valence-electron chi connectivity index (χ1n) is 7.10. The Hall–Kier alpha value is -1.01. The molecule has 1 rings (SSSR count). The summed E-state index contributed by atoms with van der Waals surface area (Å²) < 4.78 is 0. The van der Waals surface area contributed by atoms with Crippen molar-refractivity contribution in [2.75, 3.05) is 13.2 Å². The van der Waals surface area contributed by atoms with E-state index in [1.165, 1.54) is 32.1 Å². The highest BCUT2D eigenvalue weighted by Crippen LogP contribution is 2.16. The number of hydrogen-bond donors (Lipinski definition) is 1. The molecule has 0 saturated heterocycles. The third-order valence-electron chi connectivity index (χ3n) is 3.19. The fraction of sp³-hybridized carbons (Fsp3) is 0.800. The summed E-state index contributed by atoms with van der Waals surface area (Å²) in [6.07, 6.45) is 6.73. The lowest BCUT2D eigenvalue weighted by molar-refractivity contribution is 0.141. The van der Waals surface area contributed by atoms with E-state index in [0.717, 1.165) is 12.3 Å². The number of hydrogen-bond acceptors (Lipinski definition) is 3. The standard InChI is InChI=1S/C15H26N2O/c1-4-8-15(13(2)3)17-18-12-11-16-14-9-6-5-7-10-14/h13-14,16H,5-7,9-12H2,1-3H3/b17-15+. The Labute approximate surface area is 111 Å². The molecule has 0 unspecified atom stereocenters. The van der Waals surface area contributed by atoms with E-state index in [1.54, 1.807) is 0 Å². The van der Waals surface area contributed by atoms with E-state index in [0.29, 0.717) is 18.6 Å². The second-order valence-corrected chi connectivity index (χ2v) is 5.13. The fourth-order valence-corrected chi connectivity index (χ4v) is 2.13. The molecule has 1 saturated carbocycles. The summed E-state index contributed by atoms with van der Waals surface area (Å²) in [4.78, 5) is 5.32. The molecule has 0 radical (unpaired) electrons. The molecule has 1 fully saturated rings. The van der Waals surface area contributed by atoms with Crippen molar-refractivity contribution in [2.45, 2.75) is 58.9 Å². The van der Waals surface area contributed by atoms with Gasteiger partial charge in [0, 0.05) is 18.5 Å². The van der Waals surface area contributed by atoms with Gasteiger partial charge in [-0.1, -0.05) is 44.2 Å². The smallest absolute Gasteiger partial charge is 0.132 e. The molecule has 3 heteroatoms. The summed E-state index contributed by atoms with van der Waals surface area (Å²) >= 11 is 0. The average Bonchev–Trinajstić information content (AvgIpc) is 2.38. The molecule has 0 atom stereocenters. The molecule has 102 valence electrons. The Morgan fingerprint density at radius 3 is 2.67 bits per heavy atom. The van der Waals surface area contributed by atoms with Crippen LogP contribution >= 0.6 is 0 Å². The first-order valence-corrected chi connectivity index (χ1v) is 7.10. The van der Waals surface area contributed by atoms with E-state index in [2.05, 4.69) is 36.2 Å². The molecular formula is C15H26N2O. The van der Waals surface area contributed by atoms with E-state index in [-0.39, 0.29) is 0 Å².